The third kappa shape index (κ3) is 4.58. The largest absolute Gasteiger partial charge is 0.507 e. The molecular weight excluding hydrogens is 444 g/mol. The molecule has 0 radical (unpaired) electrons. The second-order valence-corrected chi connectivity index (χ2v) is 9.50. The van der Waals surface area contributed by atoms with Gasteiger partial charge in [-0.3, -0.25) is 14.5 Å². The van der Waals surface area contributed by atoms with E-state index in [2.05, 4.69) is 11.8 Å². The van der Waals surface area contributed by atoms with Gasteiger partial charge in [0.2, 0.25) is 0 Å². The summed E-state index contributed by atoms with van der Waals surface area (Å²) in [5.74, 6) is -0.544. The van der Waals surface area contributed by atoms with E-state index in [0.29, 0.717) is 31.9 Å². The lowest BCUT2D eigenvalue weighted by Gasteiger charge is -2.31. The van der Waals surface area contributed by atoms with Crippen molar-refractivity contribution in [1.29, 1.82) is 0 Å². The number of benzene rings is 2. The number of fused-ring (bicyclic) bond motifs is 1. The van der Waals surface area contributed by atoms with Crippen molar-refractivity contribution in [3.8, 4) is 5.75 Å². The van der Waals surface area contributed by atoms with Crippen LogP contribution in [0.5, 0.6) is 5.75 Å². The fourth-order valence-corrected chi connectivity index (χ4v) is 5.19. The van der Waals surface area contributed by atoms with E-state index in [0.717, 1.165) is 42.8 Å². The highest BCUT2D eigenvalue weighted by atomic mass is 16.5. The van der Waals surface area contributed by atoms with Gasteiger partial charge in [-0.05, 0) is 48.2 Å². The van der Waals surface area contributed by atoms with Crippen LogP contribution in [-0.4, -0.2) is 72.1 Å². The lowest BCUT2D eigenvalue weighted by atomic mass is 9.93. The Morgan fingerprint density at radius 3 is 2.51 bits per heavy atom. The van der Waals surface area contributed by atoms with E-state index < -0.39 is 17.7 Å². The second kappa shape index (κ2) is 9.84. The number of likely N-dealkylation sites (tertiary alicyclic amines) is 1. The van der Waals surface area contributed by atoms with Gasteiger partial charge in [-0.2, -0.15) is 0 Å². The number of hydrogen-bond donors (Lipinski definition) is 1. The number of aryl methyl sites for hydroxylation is 1. The zero-order valence-electron chi connectivity index (χ0n) is 20.3. The summed E-state index contributed by atoms with van der Waals surface area (Å²) in [6.07, 6.45) is 1.71. The fraction of sp³-hybridized carbons (Fsp3) is 0.429. The minimum atomic E-state index is -0.640. The van der Waals surface area contributed by atoms with Crippen LogP contribution in [-0.2, 0) is 27.2 Å². The van der Waals surface area contributed by atoms with E-state index in [4.69, 9.17) is 9.47 Å². The Kier molecular flexibility index (Phi) is 6.62. The number of aliphatic hydroxyl groups is 1. The minimum Gasteiger partial charge on any atom is -0.507 e. The fourth-order valence-electron chi connectivity index (χ4n) is 5.19. The zero-order chi connectivity index (χ0) is 24.5. The highest BCUT2D eigenvalue weighted by Crippen LogP contribution is 2.40. The summed E-state index contributed by atoms with van der Waals surface area (Å²) in [6, 6.07) is 12.8. The predicted molar refractivity (Wildman–Crippen MR) is 132 cm³/mol. The monoisotopic (exact) mass is 476 g/mol. The molecule has 0 spiro atoms. The van der Waals surface area contributed by atoms with Gasteiger partial charge in [-0.15, -0.1) is 0 Å². The second-order valence-electron chi connectivity index (χ2n) is 9.50. The normalized spacial score (nSPS) is 24.0. The Morgan fingerprint density at radius 2 is 1.80 bits per heavy atom. The van der Waals surface area contributed by atoms with Gasteiger partial charge < -0.3 is 19.5 Å². The first kappa shape index (κ1) is 23.6. The summed E-state index contributed by atoms with van der Waals surface area (Å²) in [6.45, 7) is 8.07. The maximum Gasteiger partial charge on any atom is 0.295 e. The van der Waals surface area contributed by atoms with Crippen molar-refractivity contribution < 1.29 is 24.2 Å². The van der Waals surface area contributed by atoms with E-state index in [1.165, 1.54) is 5.56 Å². The van der Waals surface area contributed by atoms with Crippen molar-refractivity contribution in [3.63, 3.8) is 0 Å². The molecule has 0 bridgehead atoms. The predicted octanol–water partition coefficient (Wildman–Crippen LogP) is 3.33. The molecule has 35 heavy (non-hydrogen) atoms. The van der Waals surface area contributed by atoms with Crippen LogP contribution in [0, 0.1) is 0 Å². The molecule has 3 heterocycles. The summed E-state index contributed by atoms with van der Waals surface area (Å²) < 4.78 is 11.2. The molecule has 3 aliphatic heterocycles. The molecule has 184 valence electrons. The molecule has 2 atom stereocenters. The molecule has 1 amide bonds. The lowest BCUT2D eigenvalue weighted by molar-refractivity contribution is -0.140. The SMILES string of the molecule is CCc1ccc(C2/C(=C(/O)c3ccc4c(c3)CC(C)O4)C(=O)C(=O)N2CCN2CCOCC2)cc1. The first-order valence-electron chi connectivity index (χ1n) is 12.4. The maximum absolute atomic E-state index is 13.3. The van der Waals surface area contributed by atoms with Crippen molar-refractivity contribution in [2.24, 2.45) is 0 Å². The summed E-state index contributed by atoms with van der Waals surface area (Å²) in [4.78, 5) is 30.4. The Hall–Kier alpha value is -3.16. The maximum atomic E-state index is 13.3. The third-order valence-electron chi connectivity index (χ3n) is 7.17. The number of ketones is 1. The standard InChI is InChI=1S/C28H32N2O5/c1-3-19-4-6-20(7-5-19)25-24(26(31)21-8-9-23-22(17-21)16-18(2)35-23)27(32)28(33)30(25)11-10-29-12-14-34-15-13-29/h4-9,17-18,25,31H,3,10-16H2,1-2H3/b26-24-. The van der Waals surface area contributed by atoms with Gasteiger partial charge in [-0.25, -0.2) is 0 Å². The molecule has 7 heteroatoms. The molecule has 2 aromatic carbocycles. The lowest BCUT2D eigenvalue weighted by Crippen LogP contribution is -2.42. The number of rotatable bonds is 6. The number of morpholine rings is 1. The summed E-state index contributed by atoms with van der Waals surface area (Å²) in [7, 11) is 0. The molecule has 2 saturated heterocycles. The molecule has 3 aliphatic rings. The number of Topliss-reactive ketones (excluding diaryl/α,β-unsaturated/α-hetero) is 1. The van der Waals surface area contributed by atoms with E-state index in [1.807, 2.05) is 43.3 Å². The number of hydrogen-bond acceptors (Lipinski definition) is 6. The van der Waals surface area contributed by atoms with Gasteiger partial charge in [0, 0.05) is 38.2 Å². The topological polar surface area (TPSA) is 79.3 Å². The average molecular weight is 477 g/mol. The van der Waals surface area contributed by atoms with Crippen LogP contribution in [0.15, 0.2) is 48.0 Å². The average Bonchev–Trinajstić information content (AvgIpc) is 3.38. The molecule has 0 aliphatic carbocycles. The number of carbonyl (C=O) groups is 2. The zero-order valence-corrected chi connectivity index (χ0v) is 20.3. The van der Waals surface area contributed by atoms with Crippen molar-refractivity contribution >= 4 is 17.4 Å². The molecule has 5 rings (SSSR count). The highest BCUT2D eigenvalue weighted by Gasteiger charge is 2.46. The van der Waals surface area contributed by atoms with E-state index in [-0.39, 0.29) is 17.4 Å². The summed E-state index contributed by atoms with van der Waals surface area (Å²) in [5.41, 5.74) is 3.66. The van der Waals surface area contributed by atoms with E-state index in [9.17, 15) is 14.7 Å². The Morgan fingerprint density at radius 1 is 1.06 bits per heavy atom. The van der Waals surface area contributed by atoms with E-state index >= 15 is 0 Å². The molecule has 2 unspecified atom stereocenters. The molecule has 2 aromatic rings. The first-order valence-corrected chi connectivity index (χ1v) is 12.4. The molecule has 1 N–H and O–H groups in total. The van der Waals surface area contributed by atoms with Crippen molar-refractivity contribution in [2.45, 2.75) is 38.8 Å². The quantitative estimate of drug-likeness (QED) is 0.392. The molecular formula is C28H32N2O5. The number of aliphatic hydroxyl groups excluding tert-OH is 1. The number of amides is 1. The summed E-state index contributed by atoms with van der Waals surface area (Å²) in [5, 5.41) is 11.4. The van der Waals surface area contributed by atoms with Gasteiger partial charge in [0.25, 0.3) is 11.7 Å². The Bertz CT molecular complexity index is 1150. The summed E-state index contributed by atoms with van der Waals surface area (Å²) >= 11 is 0. The van der Waals surface area contributed by atoms with Crippen LogP contribution in [0.1, 0.15) is 42.1 Å². The molecule has 7 nitrogen and oxygen atoms in total. The van der Waals surface area contributed by atoms with Crippen molar-refractivity contribution in [1.82, 2.24) is 9.80 Å². The van der Waals surface area contributed by atoms with Gasteiger partial charge in [0.05, 0.1) is 24.8 Å². The van der Waals surface area contributed by atoms with E-state index in [1.54, 1.807) is 11.0 Å². The Labute approximate surface area is 205 Å². The number of ether oxygens (including phenoxy) is 2. The van der Waals surface area contributed by atoms with Crippen LogP contribution < -0.4 is 4.74 Å². The number of nitrogens with zero attached hydrogens (tertiary/aromatic N) is 2. The Balaban J connectivity index is 1.53. The van der Waals surface area contributed by atoms with Crippen molar-refractivity contribution in [3.05, 3.63) is 70.3 Å². The van der Waals surface area contributed by atoms with Crippen LogP contribution >= 0.6 is 0 Å². The van der Waals surface area contributed by atoms with Gasteiger partial charge in [-0.1, -0.05) is 31.2 Å². The molecule has 2 fully saturated rings. The first-order chi connectivity index (χ1) is 17.0. The van der Waals surface area contributed by atoms with Gasteiger partial charge in [0.1, 0.15) is 17.6 Å². The van der Waals surface area contributed by atoms with Crippen LogP contribution in [0.25, 0.3) is 5.76 Å². The van der Waals surface area contributed by atoms with Gasteiger partial charge in [0.15, 0.2) is 0 Å². The molecule has 0 saturated carbocycles. The van der Waals surface area contributed by atoms with Crippen LogP contribution in [0.2, 0.25) is 0 Å². The third-order valence-corrected chi connectivity index (χ3v) is 7.17. The van der Waals surface area contributed by atoms with Crippen molar-refractivity contribution in [2.75, 3.05) is 39.4 Å². The minimum absolute atomic E-state index is 0.0743. The molecule has 0 aromatic heterocycles. The van der Waals surface area contributed by atoms with Gasteiger partial charge >= 0.3 is 0 Å². The smallest absolute Gasteiger partial charge is 0.295 e. The number of carbonyl (C=O) groups excluding carboxylic acids is 2. The highest BCUT2D eigenvalue weighted by molar-refractivity contribution is 6.46. The van der Waals surface area contributed by atoms with Crippen LogP contribution in [0.4, 0.5) is 0 Å². The van der Waals surface area contributed by atoms with Crippen LogP contribution in [0.3, 0.4) is 0 Å².